The molecule has 5 heteroatoms. The Bertz CT molecular complexity index is 1020. The Labute approximate surface area is 157 Å². The van der Waals surface area contributed by atoms with Crippen LogP contribution in [0.4, 0.5) is 5.69 Å². The predicted molar refractivity (Wildman–Crippen MR) is 105 cm³/mol. The molecule has 0 radical (unpaired) electrons. The molecule has 0 fully saturated rings. The average molecular weight is 367 g/mol. The molecule has 0 saturated carbocycles. The van der Waals surface area contributed by atoms with Gasteiger partial charge in [0.15, 0.2) is 0 Å². The molecule has 0 aliphatic carbocycles. The van der Waals surface area contributed by atoms with Gasteiger partial charge >= 0.3 is 0 Å². The van der Waals surface area contributed by atoms with E-state index in [1.165, 1.54) is 16.7 Å². The molecule has 0 atom stereocenters. The van der Waals surface area contributed by atoms with Crippen LogP contribution >= 0.6 is 11.6 Å². The van der Waals surface area contributed by atoms with Crippen LogP contribution in [0, 0.1) is 13.8 Å². The second kappa shape index (κ2) is 7.58. The second-order valence-corrected chi connectivity index (χ2v) is 6.64. The third-order valence-corrected chi connectivity index (χ3v) is 4.68. The van der Waals surface area contributed by atoms with E-state index < -0.39 is 0 Å². The van der Waals surface area contributed by atoms with E-state index in [0.717, 1.165) is 22.4 Å². The van der Waals surface area contributed by atoms with Gasteiger partial charge in [-0.05, 0) is 54.8 Å². The average Bonchev–Trinajstić information content (AvgIpc) is 2.62. The highest BCUT2D eigenvalue weighted by molar-refractivity contribution is 6.31. The van der Waals surface area contributed by atoms with E-state index in [1.54, 1.807) is 12.3 Å². The van der Waals surface area contributed by atoms with Crippen LogP contribution in [-0.2, 0) is 6.54 Å². The van der Waals surface area contributed by atoms with E-state index in [4.69, 9.17) is 11.6 Å². The number of pyridine rings is 1. The molecule has 0 aliphatic heterocycles. The topological polar surface area (TPSA) is 51.1 Å². The lowest BCUT2D eigenvalue weighted by molar-refractivity contribution is 0.102. The number of aryl methyl sites for hydroxylation is 2. The van der Waals surface area contributed by atoms with E-state index in [1.807, 2.05) is 50.2 Å². The number of anilines is 1. The summed E-state index contributed by atoms with van der Waals surface area (Å²) >= 11 is 6.17. The summed E-state index contributed by atoms with van der Waals surface area (Å²) in [5.74, 6) is -0.263. The Hall–Kier alpha value is -2.85. The first-order valence-electron chi connectivity index (χ1n) is 8.26. The summed E-state index contributed by atoms with van der Waals surface area (Å²) in [5, 5.41) is 3.46. The Morgan fingerprint density at radius 1 is 1.04 bits per heavy atom. The first-order chi connectivity index (χ1) is 12.4. The third-order valence-electron chi connectivity index (χ3n) is 4.31. The molecule has 3 rings (SSSR count). The summed E-state index contributed by atoms with van der Waals surface area (Å²) in [6.07, 6.45) is 1.56. The van der Waals surface area contributed by atoms with Gasteiger partial charge in [0.2, 0.25) is 0 Å². The van der Waals surface area contributed by atoms with Crippen LogP contribution in [0.25, 0.3) is 0 Å². The van der Waals surface area contributed by atoms with Crippen molar-refractivity contribution < 1.29 is 4.79 Å². The SMILES string of the molecule is Cc1ccc(NC(=O)c2ccc(=O)n(Cc3ccccc3Cl)c2)cc1C. The normalized spacial score (nSPS) is 10.6. The van der Waals surface area contributed by atoms with Gasteiger partial charge in [0.05, 0.1) is 12.1 Å². The number of hydrogen-bond acceptors (Lipinski definition) is 2. The maximum absolute atomic E-state index is 12.5. The first kappa shape index (κ1) is 18.0. The largest absolute Gasteiger partial charge is 0.322 e. The van der Waals surface area contributed by atoms with E-state index in [2.05, 4.69) is 5.32 Å². The summed E-state index contributed by atoms with van der Waals surface area (Å²) in [6, 6.07) is 16.0. The maximum atomic E-state index is 12.5. The Morgan fingerprint density at radius 3 is 2.54 bits per heavy atom. The quantitative estimate of drug-likeness (QED) is 0.743. The number of nitrogens with one attached hydrogen (secondary N) is 1. The van der Waals surface area contributed by atoms with E-state index in [-0.39, 0.29) is 11.5 Å². The van der Waals surface area contributed by atoms with Crippen molar-refractivity contribution in [2.75, 3.05) is 5.32 Å². The smallest absolute Gasteiger partial charge is 0.257 e. The van der Waals surface area contributed by atoms with E-state index >= 15 is 0 Å². The van der Waals surface area contributed by atoms with Crippen molar-refractivity contribution in [3.8, 4) is 0 Å². The molecular formula is C21H19ClN2O2. The van der Waals surface area contributed by atoms with Crippen LogP contribution in [-0.4, -0.2) is 10.5 Å². The van der Waals surface area contributed by atoms with Gasteiger partial charge in [-0.3, -0.25) is 9.59 Å². The fourth-order valence-electron chi connectivity index (χ4n) is 2.62. The Kier molecular flexibility index (Phi) is 5.24. The van der Waals surface area contributed by atoms with Gasteiger partial charge in [-0.1, -0.05) is 35.9 Å². The van der Waals surface area contributed by atoms with Gasteiger partial charge in [-0.15, -0.1) is 0 Å². The van der Waals surface area contributed by atoms with Crippen molar-refractivity contribution in [3.05, 3.63) is 98.4 Å². The van der Waals surface area contributed by atoms with Crippen molar-refractivity contribution >= 4 is 23.2 Å². The number of rotatable bonds is 4. The minimum Gasteiger partial charge on any atom is -0.322 e. The fourth-order valence-corrected chi connectivity index (χ4v) is 2.82. The molecule has 1 heterocycles. The van der Waals surface area contributed by atoms with Crippen molar-refractivity contribution in [2.24, 2.45) is 0 Å². The number of amides is 1. The molecule has 0 aliphatic rings. The summed E-state index contributed by atoms with van der Waals surface area (Å²) in [6.45, 7) is 4.32. The molecule has 1 aromatic heterocycles. The van der Waals surface area contributed by atoms with Crippen LogP contribution in [0.15, 0.2) is 65.6 Å². The van der Waals surface area contributed by atoms with Gasteiger partial charge in [-0.2, -0.15) is 0 Å². The van der Waals surface area contributed by atoms with Gasteiger partial charge in [0, 0.05) is 23.0 Å². The zero-order chi connectivity index (χ0) is 18.7. The highest BCUT2D eigenvalue weighted by Gasteiger charge is 2.10. The number of benzene rings is 2. The fraction of sp³-hybridized carbons (Fsp3) is 0.143. The lowest BCUT2D eigenvalue weighted by Gasteiger charge is -2.11. The molecule has 1 amide bonds. The second-order valence-electron chi connectivity index (χ2n) is 6.23. The zero-order valence-electron chi connectivity index (χ0n) is 14.6. The minimum atomic E-state index is -0.263. The monoisotopic (exact) mass is 366 g/mol. The third kappa shape index (κ3) is 4.03. The highest BCUT2D eigenvalue weighted by atomic mass is 35.5. The lowest BCUT2D eigenvalue weighted by Crippen LogP contribution is -2.22. The van der Waals surface area contributed by atoms with Gasteiger partial charge in [0.25, 0.3) is 11.5 Å². The Balaban J connectivity index is 1.84. The van der Waals surface area contributed by atoms with Crippen LogP contribution in [0.1, 0.15) is 27.0 Å². The summed E-state index contributed by atoms with van der Waals surface area (Å²) in [7, 11) is 0. The number of carbonyl (C=O) groups excluding carboxylic acids is 1. The van der Waals surface area contributed by atoms with Gasteiger partial charge in [0.1, 0.15) is 0 Å². The summed E-state index contributed by atoms with van der Waals surface area (Å²) < 4.78 is 1.48. The highest BCUT2D eigenvalue weighted by Crippen LogP contribution is 2.17. The van der Waals surface area contributed by atoms with Crippen LogP contribution < -0.4 is 10.9 Å². The van der Waals surface area contributed by atoms with E-state index in [9.17, 15) is 9.59 Å². The van der Waals surface area contributed by atoms with Crippen molar-refractivity contribution in [3.63, 3.8) is 0 Å². The van der Waals surface area contributed by atoms with E-state index in [0.29, 0.717) is 17.1 Å². The van der Waals surface area contributed by atoms with Crippen LogP contribution in [0.5, 0.6) is 0 Å². The van der Waals surface area contributed by atoms with Gasteiger partial charge < -0.3 is 9.88 Å². The first-order valence-corrected chi connectivity index (χ1v) is 8.64. The molecule has 0 spiro atoms. The number of hydrogen-bond donors (Lipinski definition) is 1. The minimum absolute atomic E-state index is 0.187. The van der Waals surface area contributed by atoms with Crippen molar-refractivity contribution in [1.82, 2.24) is 4.57 Å². The van der Waals surface area contributed by atoms with Crippen molar-refractivity contribution in [1.29, 1.82) is 0 Å². The summed E-state index contributed by atoms with van der Waals surface area (Å²) in [4.78, 5) is 24.7. The molecule has 26 heavy (non-hydrogen) atoms. The standard InChI is InChI=1S/C21H19ClN2O2/c1-14-7-9-18(11-15(14)2)23-21(26)17-8-10-20(25)24(13-17)12-16-5-3-4-6-19(16)22/h3-11,13H,12H2,1-2H3,(H,23,26). The molecule has 3 aromatic rings. The number of nitrogens with zero attached hydrogens (tertiary/aromatic N) is 1. The predicted octanol–water partition coefficient (Wildman–Crippen LogP) is 4.42. The molecule has 2 aromatic carbocycles. The molecular weight excluding hydrogens is 348 g/mol. The number of carbonyl (C=O) groups is 1. The molecule has 0 saturated heterocycles. The maximum Gasteiger partial charge on any atom is 0.257 e. The zero-order valence-corrected chi connectivity index (χ0v) is 15.4. The van der Waals surface area contributed by atoms with Gasteiger partial charge in [-0.25, -0.2) is 0 Å². The van der Waals surface area contributed by atoms with Crippen LogP contribution in [0.3, 0.4) is 0 Å². The molecule has 4 nitrogen and oxygen atoms in total. The molecule has 0 unspecified atom stereocenters. The Morgan fingerprint density at radius 2 is 1.81 bits per heavy atom. The molecule has 132 valence electrons. The number of aromatic nitrogens is 1. The lowest BCUT2D eigenvalue weighted by atomic mass is 10.1. The number of halogens is 1. The molecule has 1 N–H and O–H groups in total. The molecule has 0 bridgehead atoms. The summed E-state index contributed by atoms with van der Waals surface area (Å²) in [5.41, 5.74) is 4.04. The van der Waals surface area contributed by atoms with Crippen molar-refractivity contribution in [2.45, 2.75) is 20.4 Å². The van der Waals surface area contributed by atoms with Crippen LogP contribution in [0.2, 0.25) is 5.02 Å².